The molecule has 0 saturated carbocycles. The van der Waals surface area contributed by atoms with Gasteiger partial charge in [-0.3, -0.25) is 15.1 Å². The number of carbonyl (C=O) groups excluding carboxylic acids is 2. The molecule has 10 heteroatoms. The van der Waals surface area contributed by atoms with Gasteiger partial charge in [-0.05, 0) is 36.4 Å². The molecule has 2 aromatic rings. The van der Waals surface area contributed by atoms with E-state index in [1.54, 1.807) is 48.8 Å². The molecule has 5 N–H and O–H groups in total. The molecular weight excluding hydrogens is 348 g/mol. The molecular formula is C15H16N4O5S. The van der Waals surface area contributed by atoms with Crippen LogP contribution in [-0.2, 0) is 15.8 Å². The molecule has 9 nitrogen and oxygen atoms in total. The monoisotopic (exact) mass is 364 g/mol. The first-order valence-electron chi connectivity index (χ1n) is 7.06. The second-order valence-electron chi connectivity index (χ2n) is 4.89. The summed E-state index contributed by atoms with van der Waals surface area (Å²) in [5, 5.41) is 4.54. The van der Waals surface area contributed by atoms with Gasteiger partial charge in [-0.2, -0.15) is 0 Å². The third kappa shape index (κ3) is 4.83. The molecule has 0 spiro atoms. The van der Waals surface area contributed by atoms with Gasteiger partial charge in [0.15, 0.2) is 0 Å². The molecule has 1 aliphatic rings. The van der Waals surface area contributed by atoms with Gasteiger partial charge in [0, 0.05) is 18.9 Å². The van der Waals surface area contributed by atoms with E-state index in [1.165, 1.54) is 0 Å². The summed E-state index contributed by atoms with van der Waals surface area (Å²) in [6, 6.07) is 8.90. The van der Waals surface area contributed by atoms with Crippen LogP contribution >= 0.6 is 0 Å². The van der Waals surface area contributed by atoms with Crippen LogP contribution in [0.15, 0.2) is 53.7 Å². The van der Waals surface area contributed by atoms with E-state index in [0.29, 0.717) is 16.4 Å². The number of aromatic nitrogens is 1. The summed E-state index contributed by atoms with van der Waals surface area (Å²) in [5.74, 6) is 0.815. The molecule has 1 saturated heterocycles. The van der Waals surface area contributed by atoms with E-state index in [4.69, 9.17) is 4.74 Å². The largest absolute Gasteiger partial charge is 0.457 e. The zero-order chi connectivity index (χ0) is 16.9. The lowest BCUT2D eigenvalue weighted by Gasteiger charge is -2.09. The predicted molar refractivity (Wildman–Crippen MR) is 89.2 cm³/mol. The molecule has 0 bridgehead atoms. The van der Waals surface area contributed by atoms with Crippen molar-refractivity contribution in [3.05, 3.63) is 48.8 Å². The van der Waals surface area contributed by atoms with E-state index in [0.717, 1.165) is 0 Å². The van der Waals surface area contributed by atoms with Crippen molar-refractivity contribution in [1.29, 1.82) is 0 Å². The first-order chi connectivity index (χ1) is 11.6. The van der Waals surface area contributed by atoms with Crippen LogP contribution < -0.4 is 20.1 Å². The number of hydrogen-bond acceptors (Lipinski definition) is 5. The van der Waals surface area contributed by atoms with Gasteiger partial charge in [0.2, 0.25) is 0 Å². The zero-order valence-corrected chi connectivity index (χ0v) is 13.7. The van der Waals surface area contributed by atoms with Crippen molar-refractivity contribution in [3.63, 3.8) is 0 Å². The Morgan fingerprint density at radius 2 is 1.72 bits per heavy atom. The quantitative estimate of drug-likeness (QED) is 0.612. The lowest BCUT2D eigenvalue weighted by molar-refractivity contribution is -0.120. The molecule has 1 aromatic carbocycles. The topological polar surface area (TPSA) is 141 Å². The van der Waals surface area contributed by atoms with E-state index >= 15 is 0 Å². The van der Waals surface area contributed by atoms with Crippen LogP contribution in [0.3, 0.4) is 0 Å². The number of carbonyl (C=O) groups is 2. The fraction of sp³-hybridized carbons (Fsp3) is 0.133. The molecule has 3 amide bonds. The molecule has 1 fully saturated rings. The normalized spacial score (nSPS) is 17.2. The Balaban J connectivity index is 0.00000225. The third-order valence-electron chi connectivity index (χ3n) is 3.20. The lowest BCUT2D eigenvalue weighted by Crippen LogP contribution is -2.39. The van der Waals surface area contributed by atoms with Crippen molar-refractivity contribution in [2.75, 3.05) is 6.54 Å². The Morgan fingerprint density at radius 3 is 2.32 bits per heavy atom. The fourth-order valence-corrected chi connectivity index (χ4v) is 2.89. The van der Waals surface area contributed by atoms with Crippen molar-refractivity contribution in [2.24, 2.45) is 0 Å². The SMILES string of the molecule is O.O=C1NC(=O)C(CNS(=O)c2ccc(Oc3ccncc3)cc2)N1. The Morgan fingerprint density at radius 1 is 1.08 bits per heavy atom. The molecule has 1 aliphatic heterocycles. The summed E-state index contributed by atoms with van der Waals surface area (Å²) in [5.41, 5.74) is 0. The lowest BCUT2D eigenvalue weighted by atomic mass is 10.3. The highest BCUT2D eigenvalue weighted by Crippen LogP contribution is 2.21. The molecule has 1 aromatic heterocycles. The van der Waals surface area contributed by atoms with Gasteiger partial charge in [0.05, 0.1) is 4.90 Å². The Bertz CT molecular complexity index is 769. The minimum absolute atomic E-state index is 0. The third-order valence-corrected chi connectivity index (χ3v) is 4.33. The highest BCUT2D eigenvalue weighted by molar-refractivity contribution is 7.83. The van der Waals surface area contributed by atoms with E-state index in [1.807, 2.05) is 0 Å². The van der Waals surface area contributed by atoms with E-state index in [9.17, 15) is 13.8 Å². The Kier molecular flexibility index (Phi) is 6.17. The van der Waals surface area contributed by atoms with Crippen LogP contribution in [0.5, 0.6) is 11.5 Å². The Labute approximate surface area is 145 Å². The van der Waals surface area contributed by atoms with Crippen LogP contribution in [0.4, 0.5) is 4.79 Å². The highest BCUT2D eigenvalue weighted by Gasteiger charge is 2.29. The van der Waals surface area contributed by atoms with Crippen LogP contribution in [-0.4, -0.2) is 39.2 Å². The van der Waals surface area contributed by atoms with Crippen LogP contribution in [0.25, 0.3) is 0 Å². The number of urea groups is 1. The van der Waals surface area contributed by atoms with Crippen molar-refractivity contribution < 1.29 is 24.0 Å². The fourth-order valence-electron chi connectivity index (χ4n) is 2.02. The summed E-state index contributed by atoms with van der Waals surface area (Å²) in [4.78, 5) is 26.8. The van der Waals surface area contributed by atoms with Gasteiger partial charge in [-0.25, -0.2) is 13.7 Å². The predicted octanol–water partition coefficient (Wildman–Crippen LogP) is -0.131. The van der Waals surface area contributed by atoms with Gasteiger partial charge < -0.3 is 15.5 Å². The minimum Gasteiger partial charge on any atom is -0.457 e. The number of ether oxygens (including phenoxy) is 1. The number of rotatable bonds is 6. The van der Waals surface area contributed by atoms with Gasteiger partial charge in [-0.1, -0.05) is 0 Å². The molecule has 132 valence electrons. The second-order valence-corrected chi connectivity index (χ2v) is 6.19. The highest BCUT2D eigenvalue weighted by atomic mass is 32.2. The molecule has 3 rings (SSSR count). The zero-order valence-electron chi connectivity index (χ0n) is 12.9. The molecule has 2 unspecified atom stereocenters. The number of nitrogens with one attached hydrogen (secondary N) is 3. The summed E-state index contributed by atoms with van der Waals surface area (Å²) in [6.45, 7) is 0.0689. The summed E-state index contributed by atoms with van der Waals surface area (Å²) >= 11 is 0. The average Bonchev–Trinajstić information content (AvgIpc) is 2.92. The standard InChI is InChI=1S/C15H14N4O4S.H2O/c20-14-13(18-15(21)19-14)9-17-24(22)12-3-1-10(2-4-12)23-11-5-7-16-8-6-11;/h1-8,13,17H,9H2,(H2,18,19,20,21);1H2. The number of hydrogen-bond donors (Lipinski definition) is 3. The van der Waals surface area contributed by atoms with Crippen LogP contribution in [0.2, 0.25) is 0 Å². The first kappa shape index (κ1) is 18.5. The molecule has 2 atom stereocenters. The van der Waals surface area contributed by atoms with E-state index in [2.05, 4.69) is 20.3 Å². The molecule has 0 aliphatic carbocycles. The van der Waals surface area contributed by atoms with E-state index < -0.39 is 29.0 Å². The maximum Gasteiger partial charge on any atom is 0.322 e. The molecule has 2 heterocycles. The number of amides is 3. The van der Waals surface area contributed by atoms with Crippen molar-refractivity contribution >= 4 is 22.9 Å². The summed E-state index contributed by atoms with van der Waals surface area (Å²) < 4.78 is 20.5. The van der Waals surface area contributed by atoms with Crippen molar-refractivity contribution in [3.8, 4) is 11.5 Å². The molecule has 25 heavy (non-hydrogen) atoms. The number of nitrogens with zero attached hydrogens (tertiary/aromatic N) is 1. The first-order valence-corrected chi connectivity index (χ1v) is 8.21. The van der Waals surface area contributed by atoms with Crippen LogP contribution in [0.1, 0.15) is 0 Å². The summed E-state index contributed by atoms with van der Waals surface area (Å²) in [7, 11) is -1.51. The number of pyridine rings is 1. The Hall–Kier alpha value is -2.82. The minimum atomic E-state index is -1.51. The second kappa shape index (κ2) is 8.33. The van der Waals surface area contributed by atoms with Gasteiger partial charge in [0.25, 0.3) is 5.91 Å². The van der Waals surface area contributed by atoms with Gasteiger partial charge >= 0.3 is 6.03 Å². The smallest absolute Gasteiger partial charge is 0.322 e. The van der Waals surface area contributed by atoms with Crippen molar-refractivity contribution in [1.82, 2.24) is 20.3 Å². The van der Waals surface area contributed by atoms with E-state index in [-0.39, 0.29) is 12.0 Å². The maximum atomic E-state index is 12.2. The van der Waals surface area contributed by atoms with Crippen molar-refractivity contribution in [2.45, 2.75) is 10.9 Å². The van der Waals surface area contributed by atoms with Gasteiger partial charge in [-0.15, -0.1) is 0 Å². The van der Waals surface area contributed by atoms with Crippen LogP contribution in [0, 0.1) is 0 Å². The summed E-state index contributed by atoms with van der Waals surface area (Å²) in [6.07, 6.45) is 3.25. The number of benzene rings is 1. The molecule has 0 radical (unpaired) electrons. The van der Waals surface area contributed by atoms with Gasteiger partial charge in [0.1, 0.15) is 28.5 Å². The maximum absolute atomic E-state index is 12.2. The average molecular weight is 364 g/mol. The number of imide groups is 1.